The lowest BCUT2D eigenvalue weighted by Crippen LogP contribution is -2.44. The third kappa shape index (κ3) is 6.31. The van der Waals surface area contributed by atoms with Crippen LogP contribution in [0.15, 0.2) is 18.2 Å². The average molecular weight is 351 g/mol. The van der Waals surface area contributed by atoms with Gasteiger partial charge >= 0.3 is 6.09 Å². The van der Waals surface area contributed by atoms with E-state index in [0.717, 1.165) is 30.4 Å². The number of aryl methyl sites for hydroxylation is 1. The molecule has 25 heavy (non-hydrogen) atoms. The van der Waals surface area contributed by atoms with Crippen molar-refractivity contribution in [1.82, 2.24) is 5.32 Å². The van der Waals surface area contributed by atoms with Gasteiger partial charge in [-0.2, -0.15) is 0 Å². The molecule has 0 bridgehead atoms. The van der Waals surface area contributed by atoms with Gasteiger partial charge in [0.1, 0.15) is 11.4 Å². The highest BCUT2D eigenvalue weighted by Gasteiger charge is 2.37. The van der Waals surface area contributed by atoms with Crippen molar-refractivity contribution in [2.75, 3.05) is 13.2 Å². The number of carbonyl (C=O) groups excluding carboxylic acids is 1. The minimum Gasteiger partial charge on any atom is -0.444 e. The molecule has 4 nitrogen and oxygen atoms in total. The van der Waals surface area contributed by atoms with Crippen LogP contribution in [0.5, 0.6) is 0 Å². The first-order chi connectivity index (χ1) is 11.6. The number of hydrogen-bond acceptors (Lipinski definition) is 3. The minimum atomic E-state index is -0.560. The molecule has 1 amide bonds. The third-order valence-electron chi connectivity index (χ3n) is 4.63. The molecule has 1 fully saturated rings. The van der Waals surface area contributed by atoms with E-state index in [9.17, 15) is 14.3 Å². The lowest BCUT2D eigenvalue weighted by Gasteiger charge is -2.33. The summed E-state index contributed by atoms with van der Waals surface area (Å²) in [6.07, 6.45) is 3.29. The predicted octanol–water partition coefficient (Wildman–Crippen LogP) is 3.98. The molecule has 0 saturated heterocycles. The maximum absolute atomic E-state index is 13.4. The van der Waals surface area contributed by atoms with Gasteiger partial charge in [0.15, 0.2) is 0 Å². The number of alkyl carbamates (subject to hydrolysis) is 1. The number of nitrogens with one attached hydrogen (secondary N) is 1. The van der Waals surface area contributed by atoms with E-state index < -0.39 is 17.1 Å². The standard InChI is InChI=1S/C20H30FNO3/c1-14-9-17(21)8-7-16(14)11-20(13-23,10-15-5-6-15)12-22-18(24)25-19(2,3)4/h7-9,15,23H,5-6,10-13H2,1-4H3,(H,22,24). The summed E-state index contributed by atoms with van der Waals surface area (Å²) in [4.78, 5) is 12.0. The Kier molecular flexibility index (Phi) is 6.09. The molecule has 140 valence electrons. The second-order valence-corrected chi connectivity index (χ2v) is 8.41. The first-order valence-electron chi connectivity index (χ1n) is 8.95. The Morgan fingerprint density at radius 3 is 2.56 bits per heavy atom. The largest absolute Gasteiger partial charge is 0.444 e. The summed E-state index contributed by atoms with van der Waals surface area (Å²) in [6.45, 7) is 7.63. The quantitative estimate of drug-likeness (QED) is 0.781. The van der Waals surface area contributed by atoms with Gasteiger partial charge in [-0.3, -0.25) is 0 Å². The van der Waals surface area contributed by atoms with Crippen LogP contribution >= 0.6 is 0 Å². The number of aliphatic hydroxyl groups is 1. The van der Waals surface area contributed by atoms with Crippen molar-refractivity contribution in [3.8, 4) is 0 Å². The second-order valence-electron chi connectivity index (χ2n) is 8.41. The number of rotatable bonds is 7. The summed E-state index contributed by atoms with van der Waals surface area (Å²) in [5.74, 6) is 0.332. The third-order valence-corrected chi connectivity index (χ3v) is 4.63. The monoisotopic (exact) mass is 351 g/mol. The van der Waals surface area contributed by atoms with Gasteiger partial charge in [-0.15, -0.1) is 0 Å². The lowest BCUT2D eigenvalue weighted by molar-refractivity contribution is 0.0449. The van der Waals surface area contributed by atoms with Gasteiger partial charge in [0.25, 0.3) is 0 Å². The highest BCUT2D eigenvalue weighted by atomic mass is 19.1. The highest BCUT2D eigenvalue weighted by Crippen LogP contribution is 2.42. The zero-order valence-corrected chi connectivity index (χ0v) is 15.7. The van der Waals surface area contributed by atoms with Crippen molar-refractivity contribution in [3.63, 3.8) is 0 Å². The molecule has 1 unspecified atom stereocenters. The molecule has 1 aromatic carbocycles. The molecule has 5 heteroatoms. The number of hydrogen-bond donors (Lipinski definition) is 2. The molecule has 0 radical (unpaired) electrons. The van der Waals surface area contributed by atoms with Crippen molar-refractivity contribution in [2.24, 2.45) is 11.3 Å². The molecule has 0 aromatic heterocycles. The van der Waals surface area contributed by atoms with Gasteiger partial charge in [-0.1, -0.05) is 18.9 Å². The fourth-order valence-corrected chi connectivity index (χ4v) is 3.15. The summed E-state index contributed by atoms with van der Waals surface area (Å²) in [5, 5.41) is 13.0. The van der Waals surface area contributed by atoms with Gasteiger partial charge in [-0.25, -0.2) is 9.18 Å². The summed E-state index contributed by atoms with van der Waals surface area (Å²) in [5.41, 5.74) is 0.851. The van der Waals surface area contributed by atoms with E-state index in [-0.39, 0.29) is 12.4 Å². The average Bonchev–Trinajstić information content (AvgIpc) is 3.30. The van der Waals surface area contributed by atoms with Crippen LogP contribution in [-0.2, 0) is 11.2 Å². The SMILES string of the molecule is Cc1cc(F)ccc1CC(CO)(CNC(=O)OC(C)(C)C)CC1CC1. The molecule has 1 saturated carbocycles. The van der Waals surface area contributed by atoms with Crippen molar-refractivity contribution >= 4 is 6.09 Å². The topological polar surface area (TPSA) is 58.6 Å². The Morgan fingerprint density at radius 1 is 1.36 bits per heavy atom. The fraction of sp³-hybridized carbons (Fsp3) is 0.650. The van der Waals surface area contributed by atoms with Crippen LogP contribution in [0.25, 0.3) is 0 Å². The highest BCUT2D eigenvalue weighted by molar-refractivity contribution is 5.67. The molecule has 0 aliphatic heterocycles. The smallest absolute Gasteiger partial charge is 0.407 e. The Balaban J connectivity index is 2.11. The van der Waals surface area contributed by atoms with Crippen molar-refractivity contribution in [1.29, 1.82) is 0 Å². The summed E-state index contributed by atoms with van der Waals surface area (Å²) in [6, 6.07) is 4.73. The number of aliphatic hydroxyl groups excluding tert-OH is 1. The van der Waals surface area contributed by atoms with E-state index in [1.54, 1.807) is 6.07 Å². The zero-order valence-electron chi connectivity index (χ0n) is 15.7. The van der Waals surface area contributed by atoms with Gasteiger partial charge in [0.2, 0.25) is 0 Å². The molecule has 1 atom stereocenters. The van der Waals surface area contributed by atoms with E-state index in [2.05, 4.69) is 5.32 Å². The first-order valence-corrected chi connectivity index (χ1v) is 8.95. The van der Waals surface area contributed by atoms with Crippen LogP contribution in [0.1, 0.15) is 51.2 Å². The van der Waals surface area contributed by atoms with Crippen molar-refractivity contribution < 1.29 is 19.0 Å². The molecular formula is C20H30FNO3. The van der Waals surface area contributed by atoms with Crippen molar-refractivity contribution in [3.05, 3.63) is 35.1 Å². The number of carbonyl (C=O) groups is 1. The van der Waals surface area contributed by atoms with Crippen LogP contribution in [0.3, 0.4) is 0 Å². The van der Waals surface area contributed by atoms with Crippen LogP contribution in [0, 0.1) is 24.1 Å². The van der Waals surface area contributed by atoms with E-state index in [1.807, 2.05) is 27.7 Å². The van der Waals surface area contributed by atoms with E-state index in [0.29, 0.717) is 18.9 Å². The van der Waals surface area contributed by atoms with Crippen LogP contribution in [0.4, 0.5) is 9.18 Å². The number of ether oxygens (including phenoxy) is 1. The molecule has 2 N–H and O–H groups in total. The minimum absolute atomic E-state index is 0.0316. The van der Waals surface area contributed by atoms with Crippen molar-refractivity contribution in [2.45, 2.75) is 59.0 Å². The van der Waals surface area contributed by atoms with Gasteiger partial charge in [0.05, 0.1) is 6.61 Å². The molecule has 1 aliphatic carbocycles. The Labute approximate surface area is 149 Å². The molecule has 2 rings (SSSR count). The van der Waals surface area contributed by atoms with Gasteiger partial charge in [-0.05, 0) is 69.7 Å². The Hall–Kier alpha value is -1.62. The summed E-state index contributed by atoms with van der Waals surface area (Å²) in [7, 11) is 0. The van der Waals surface area contributed by atoms with E-state index >= 15 is 0 Å². The molecule has 0 spiro atoms. The fourth-order valence-electron chi connectivity index (χ4n) is 3.15. The molecular weight excluding hydrogens is 321 g/mol. The number of halogens is 1. The van der Waals surface area contributed by atoms with Gasteiger partial charge < -0.3 is 15.2 Å². The predicted molar refractivity (Wildman–Crippen MR) is 95.9 cm³/mol. The number of benzene rings is 1. The van der Waals surface area contributed by atoms with E-state index in [1.165, 1.54) is 12.1 Å². The van der Waals surface area contributed by atoms with Crippen LogP contribution in [-0.4, -0.2) is 30.0 Å². The maximum atomic E-state index is 13.4. The van der Waals surface area contributed by atoms with Gasteiger partial charge in [0, 0.05) is 12.0 Å². The van der Waals surface area contributed by atoms with E-state index in [4.69, 9.17) is 4.74 Å². The summed E-state index contributed by atoms with van der Waals surface area (Å²) < 4.78 is 18.7. The van der Waals surface area contributed by atoms with Crippen LogP contribution in [0.2, 0.25) is 0 Å². The maximum Gasteiger partial charge on any atom is 0.407 e. The lowest BCUT2D eigenvalue weighted by atomic mass is 9.77. The second kappa shape index (κ2) is 7.73. The summed E-state index contributed by atoms with van der Waals surface area (Å²) >= 11 is 0. The Morgan fingerprint density at radius 2 is 2.04 bits per heavy atom. The molecule has 0 heterocycles. The first kappa shape index (κ1) is 19.7. The number of amides is 1. The zero-order chi connectivity index (χ0) is 18.7. The normalized spacial score (nSPS) is 17.0. The molecule has 1 aromatic rings. The van der Waals surface area contributed by atoms with Crippen LogP contribution < -0.4 is 5.32 Å². The Bertz CT molecular complexity index is 607. The molecule has 1 aliphatic rings.